The van der Waals surface area contributed by atoms with Gasteiger partial charge in [0, 0.05) is 13.1 Å². The van der Waals surface area contributed by atoms with Crippen molar-refractivity contribution in [3.8, 4) is 11.5 Å². The maximum Gasteiger partial charge on any atom is 0.255 e. The van der Waals surface area contributed by atoms with Gasteiger partial charge in [-0.25, -0.2) is 0 Å². The molecule has 3 N–H and O–H groups in total. The van der Waals surface area contributed by atoms with Crippen LogP contribution in [-0.2, 0) is 0 Å². The molecule has 1 aromatic rings. The average molecular weight is 264 g/mol. The molecule has 0 unspecified atom stereocenters. The average Bonchev–Trinajstić information content (AvgIpc) is 2.42. The molecule has 1 saturated heterocycles. The standard InChI is InChI=1S/C14H20N2O3/c17-11-4-5-13(18)12(10-11)14(19)15-6-9-16-7-2-1-3-8-16/h4-5,10,17-18H,1-3,6-9H2,(H,15,19). The van der Waals surface area contributed by atoms with Gasteiger partial charge in [0.2, 0.25) is 0 Å². The number of carbonyl (C=O) groups is 1. The number of nitrogens with one attached hydrogen (secondary N) is 1. The first-order valence-corrected chi connectivity index (χ1v) is 6.69. The van der Waals surface area contributed by atoms with Crippen LogP contribution in [0.5, 0.6) is 11.5 Å². The van der Waals surface area contributed by atoms with Gasteiger partial charge in [-0.1, -0.05) is 6.42 Å². The second kappa shape index (κ2) is 6.43. The molecule has 0 atom stereocenters. The van der Waals surface area contributed by atoms with Gasteiger partial charge in [0.25, 0.3) is 5.91 Å². The zero-order valence-electron chi connectivity index (χ0n) is 10.9. The number of nitrogens with zero attached hydrogens (tertiary/aromatic N) is 1. The smallest absolute Gasteiger partial charge is 0.255 e. The van der Waals surface area contributed by atoms with Crippen LogP contribution >= 0.6 is 0 Å². The minimum Gasteiger partial charge on any atom is -0.508 e. The van der Waals surface area contributed by atoms with Crippen molar-refractivity contribution < 1.29 is 15.0 Å². The van der Waals surface area contributed by atoms with Crippen LogP contribution in [0.2, 0.25) is 0 Å². The van der Waals surface area contributed by atoms with Gasteiger partial charge in [-0.3, -0.25) is 4.79 Å². The van der Waals surface area contributed by atoms with Gasteiger partial charge in [0.15, 0.2) is 0 Å². The Morgan fingerprint density at radius 1 is 1.21 bits per heavy atom. The summed E-state index contributed by atoms with van der Waals surface area (Å²) < 4.78 is 0. The number of rotatable bonds is 4. The van der Waals surface area contributed by atoms with Crippen LogP contribution in [0.1, 0.15) is 29.6 Å². The van der Waals surface area contributed by atoms with Crippen molar-refractivity contribution in [3.63, 3.8) is 0 Å². The molecule has 104 valence electrons. The lowest BCUT2D eigenvalue weighted by Gasteiger charge is -2.26. The zero-order chi connectivity index (χ0) is 13.7. The molecule has 1 fully saturated rings. The van der Waals surface area contributed by atoms with Crippen LogP contribution in [0, 0.1) is 0 Å². The maximum absolute atomic E-state index is 11.9. The Hall–Kier alpha value is -1.75. The fourth-order valence-corrected chi connectivity index (χ4v) is 2.31. The van der Waals surface area contributed by atoms with Crippen molar-refractivity contribution in [1.82, 2.24) is 10.2 Å². The number of hydrogen-bond acceptors (Lipinski definition) is 4. The molecule has 0 radical (unpaired) electrons. The topological polar surface area (TPSA) is 72.8 Å². The van der Waals surface area contributed by atoms with E-state index in [2.05, 4.69) is 10.2 Å². The third-order valence-corrected chi connectivity index (χ3v) is 3.39. The Kier molecular flexibility index (Phi) is 4.63. The number of carbonyl (C=O) groups excluding carboxylic acids is 1. The molecule has 1 aromatic carbocycles. The summed E-state index contributed by atoms with van der Waals surface area (Å²) in [5.74, 6) is -0.502. The summed E-state index contributed by atoms with van der Waals surface area (Å²) in [7, 11) is 0. The van der Waals surface area contributed by atoms with E-state index in [1.165, 1.54) is 37.5 Å². The summed E-state index contributed by atoms with van der Waals surface area (Å²) in [6.45, 7) is 3.56. The fourth-order valence-electron chi connectivity index (χ4n) is 2.31. The number of amides is 1. The lowest BCUT2D eigenvalue weighted by molar-refractivity contribution is 0.0943. The molecule has 1 aliphatic heterocycles. The van der Waals surface area contributed by atoms with E-state index in [-0.39, 0.29) is 23.0 Å². The normalized spacial score (nSPS) is 16.2. The highest BCUT2D eigenvalue weighted by molar-refractivity contribution is 5.97. The van der Waals surface area contributed by atoms with Crippen molar-refractivity contribution in [2.75, 3.05) is 26.2 Å². The number of phenols is 2. The molecule has 2 rings (SSSR count). The van der Waals surface area contributed by atoms with Gasteiger partial charge in [-0.2, -0.15) is 0 Å². The van der Waals surface area contributed by atoms with Gasteiger partial charge in [0.1, 0.15) is 11.5 Å². The lowest BCUT2D eigenvalue weighted by Crippen LogP contribution is -2.37. The Labute approximate surface area is 112 Å². The molecule has 0 aliphatic carbocycles. The van der Waals surface area contributed by atoms with E-state index in [1.807, 2.05) is 0 Å². The number of likely N-dealkylation sites (tertiary alicyclic amines) is 1. The van der Waals surface area contributed by atoms with Crippen LogP contribution in [0.25, 0.3) is 0 Å². The van der Waals surface area contributed by atoms with Gasteiger partial charge in [-0.15, -0.1) is 0 Å². The number of piperidine rings is 1. The second-order valence-electron chi connectivity index (χ2n) is 4.86. The monoisotopic (exact) mass is 264 g/mol. The van der Waals surface area contributed by atoms with Gasteiger partial charge in [0.05, 0.1) is 5.56 Å². The zero-order valence-corrected chi connectivity index (χ0v) is 10.9. The Morgan fingerprint density at radius 3 is 2.68 bits per heavy atom. The van der Waals surface area contributed by atoms with Crippen LogP contribution in [-0.4, -0.2) is 47.2 Å². The molecule has 0 spiro atoms. The highest BCUT2D eigenvalue weighted by Crippen LogP contribution is 2.21. The SMILES string of the molecule is O=C(NCCN1CCCCC1)c1cc(O)ccc1O. The van der Waals surface area contributed by atoms with Crippen molar-refractivity contribution in [2.24, 2.45) is 0 Å². The van der Waals surface area contributed by atoms with E-state index in [1.54, 1.807) is 0 Å². The molecule has 0 saturated carbocycles. The molecule has 5 nitrogen and oxygen atoms in total. The fraction of sp³-hybridized carbons (Fsp3) is 0.500. The van der Waals surface area contributed by atoms with E-state index in [0.717, 1.165) is 19.6 Å². The molecule has 1 aliphatic rings. The number of benzene rings is 1. The Bertz CT molecular complexity index is 442. The predicted octanol–water partition coefficient (Wildman–Crippen LogP) is 1.31. The molecule has 1 amide bonds. The predicted molar refractivity (Wildman–Crippen MR) is 72.4 cm³/mol. The van der Waals surface area contributed by atoms with E-state index in [9.17, 15) is 15.0 Å². The van der Waals surface area contributed by atoms with Crippen molar-refractivity contribution in [2.45, 2.75) is 19.3 Å². The second-order valence-corrected chi connectivity index (χ2v) is 4.86. The summed E-state index contributed by atoms with van der Waals surface area (Å²) >= 11 is 0. The van der Waals surface area contributed by atoms with E-state index in [4.69, 9.17) is 0 Å². The van der Waals surface area contributed by atoms with Crippen LogP contribution < -0.4 is 5.32 Å². The third kappa shape index (κ3) is 3.86. The molecule has 1 heterocycles. The minimum absolute atomic E-state index is 0.0287. The maximum atomic E-state index is 11.9. The molecule has 5 heteroatoms. The number of phenolic OH excluding ortho intramolecular Hbond substituents is 2. The van der Waals surface area contributed by atoms with Gasteiger partial charge in [-0.05, 0) is 44.1 Å². The van der Waals surface area contributed by atoms with Crippen LogP contribution in [0.3, 0.4) is 0 Å². The van der Waals surface area contributed by atoms with E-state index < -0.39 is 0 Å². The number of hydrogen-bond donors (Lipinski definition) is 3. The highest BCUT2D eigenvalue weighted by Gasteiger charge is 2.13. The molecular formula is C14H20N2O3. The highest BCUT2D eigenvalue weighted by atomic mass is 16.3. The van der Waals surface area contributed by atoms with E-state index in [0.29, 0.717) is 6.54 Å². The summed E-state index contributed by atoms with van der Waals surface area (Å²) in [4.78, 5) is 14.2. The first-order chi connectivity index (χ1) is 9.16. The van der Waals surface area contributed by atoms with Gasteiger partial charge >= 0.3 is 0 Å². The lowest BCUT2D eigenvalue weighted by atomic mass is 10.1. The van der Waals surface area contributed by atoms with Crippen molar-refractivity contribution >= 4 is 5.91 Å². The molecular weight excluding hydrogens is 244 g/mol. The van der Waals surface area contributed by atoms with E-state index >= 15 is 0 Å². The third-order valence-electron chi connectivity index (χ3n) is 3.39. The first kappa shape index (κ1) is 13.7. The summed E-state index contributed by atoms with van der Waals surface area (Å²) in [6.07, 6.45) is 3.74. The quantitative estimate of drug-likeness (QED) is 0.717. The summed E-state index contributed by atoms with van der Waals surface area (Å²) in [5.41, 5.74) is 0.110. The largest absolute Gasteiger partial charge is 0.508 e. The van der Waals surface area contributed by atoms with Crippen LogP contribution in [0.4, 0.5) is 0 Å². The summed E-state index contributed by atoms with van der Waals surface area (Å²) in [6, 6.07) is 3.93. The number of aromatic hydroxyl groups is 2. The first-order valence-electron chi connectivity index (χ1n) is 6.69. The van der Waals surface area contributed by atoms with Crippen molar-refractivity contribution in [1.29, 1.82) is 0 Å². The molecule has 19 heavy (non-hydrogen) atoms. The van der Waals surface area contributed by atoms with Gasteiger partial charge < -0.3 is 20.4 Å². The van der Waals surface area contributed by atoms with Crippen molar-refractivity contribution in [3.05, 3.63) is 23.8 Å². The molecule has 0 bridgehead atoms. The van der Waals surface area contributed by atoms with Crippen LogP contribution in [0.15, 0.2) is 18.2 Å². The molecule has 0 aromatic heterocycles. The summed E-state index contributed by atoms with van der Waals surface area (Å²) in [5, 5.41) is 21.6. The Balaban J connectivity index is 1.82. The minimum atomic E-state index is -0.356. The Morgan fingerprint density at radius 2 is 1.95 bits per heavy atom.